The molecule has 4 aromatic carbocycles. The fraction of sp³-hybridized carbons (Fsp3) is 0.257. The molecule has 0 heterocycles. The number of nitrogens with one attached hydrogen (secondary N) is 1. The number of aryl methyl sites for hydroxylation is 1. The van der Waals surface area contributed by atoms with Crippen LogP contribution in [0.2, 0.25) is 0 Å². The summed E-state index contributed by atoms with van der Waals surface area (Å²) in [6.07, 6.45) is 0.234. The van der Waals surface area contributed by atoms with Crippen molar-refractivity contribution < 1.29 is 22.4 Å². The third kappa shape index (κ3) is 8.54. The fourth-order valence-electron chi connectivity index (χ4n) is 4.84. The van der Waals surface area contributed by atoms with E-state index in [1.54, 1.807) is 30.3 Å². The molecule has 9 heteroatoms. The minimum Gasteiger partial charge on any atom is -0.354 e. The number of rotatable bonds is 13. The summed E-state index contributed by atoms with van der Waals surface area (Å²) in [6.45, 7) is 5.86. The van der Waals surface area contributed by atoms with Gasteiger partial charge >= 0.3 is 0 Å². The lowest BCUT2D eigenvalue weighted by molar-refractivity contribution is -0.140. The summed E-state index contributed by atoms with van der Waals surface area (Å²) >= 11 is 0. The van der Waals surface area contributed by atoms with Gasteiger partial charge in [-0.25, -0.2) is 12.8 Å². The normalized spacial score (nSPS) is 12.0. The molecule has 2 amide bonds. The molecule has 4 aromatic rings. The minimum absolute atomic E-state index is 0.0896. The zero-order valence-corrected chi connectivity index (χ0v) is 26.0. The molecular formula is C35H38FN3O4S. The first-order chi connectivity index (χ1) is 21.0. The van der Waals surface area contributed by atoms with E-state index < -0.39 is 34.3 Å². The van der Waals surface area contributed by atoms with Gasteiger partial charge in [-0.15, -0.1) is 0 Å². The maximum absolute atomic E-state index is 14.4. The van der Waals surface area contributed by atoms with Crippen LogP contribution in [0, 0.1) is 18.7 Å². The van der Waals surface area contributed by atoms with E-state index >= 15 is 0 Å². The zero-order valence-electron chi connectivity index (χ0n) is 25.2. The highest BCUT2D eigenvalue weighted by Crippen LogP contribution is 2.25. The molecule has 1 atom stereocenters. The highest BCUT2D eigenvalue weighted by atomic mass is 32.2. The second kappa shape index (κ2) is 14.8. The van der Waals surface area contributed by atoms with Crippen LogP contribution in [0.4, 0.5) is 10.1 Å². The van der Waals surface area contributed by atoms with Gasteiger partial charge in [0.2, 0.25) is 11.8 Å². The topological polar surface area (TPSA) is 86.8 Å². The Balaban J connectivity index is 1.78. The Bertz CT molecular complexity index is 1650. The standard InChI is InChI=1S/C35H38FN3O4S/c1-26(2)23-37-35(41)33(22-28-12-6-4-7-13-28)38(24-29-14-10-11-27(3)21-29)34(40)25-39(31-15-8-5-9-16-31)44(42,43)32-19-17-30(36)18-20-32/h4-21,26,33H,22-25H2,1-3H3,(H,37,41)/t33-/m0/s1. The lowest BCUT2D eigenvalue weighted by Gasteiger charge is -2.34. The van der Waals surface area contributed by atoms with Crippen molar-refractivity contribution in [2.24, 2.45) is 5.92 Å². The van der Waals surface area contributed by atoms with E-state index in [9.17, 15) is 22.4 Å². The summed E-state index contributed by atoms with van der Waals surface area (Å²) in [5.41, 5.74) is 2.92. The van der Waals surface area contributed by atoms with Crippen molar-refractivity contribution in [3.8, 4) is 0 Å². The number of para-hydroxylation sites is 1. The molecule has 0 aliphatic rings. The van der Waals surface area contributed by atoms with E-state index in [2.05, 4.69) is 5.32 Å². The molecule has 0 aromatic heterocycles. The Hall–Kier alpha value is -4.50. The monoisotopic (exact) mass is 615 g/mol. The molecule has 44 heavy (non-hydrogen) atoms. The first-order valence-electron chi connectivity index (χ1n) is 14.5. The van der Waals surface area contributed by atoms with Crippen molar-refractivity contribution in [2.75, 3.05) is 17.4 Å². The average molecular weight is 616 g/mol. The number of sulfonamides is 1. The van der Waals surface area contributed by atoms with Crippen molar-refractivity contribution in [3.63, 3.8) is 0 Å². The molecule has 0 aliphatic carbocycles. The molecule has 0 fully saturated rings. The highest BCUT2D eigenvalue weighted by Gasteiger charge is 2.34. The van der Waals surface area contributed by atoms with E-state index in [-0.39, 0.29) is 35.4 Å². The number of benzene rings is 4. The lowest BCUT2D eigenvalue weighted by atomic mass is 10.0. The van der Waals surface area contributed by atoms with Crippen LogP contribution in [0.15, 0.2) is 114 Å². The largest absolute Gasteiger partial charge is 0.354 e. The number of hydrogen-bond acceptors (Lipinski definition) is 4. The van der Waals surface area contributed by atoms with Crippen molar-refractivity contribution in [1.29, 1.82) is 0 Å². The summed E-state index contributed by atoms with van der Waals surface area (Å²) in [5, 5.41) is 2.98. The van der Waals surface area contributed by atoms with Crippen molar-refractivity contribution in [3.05, 3.63) is 132 Å². The number of carbonyl (C=O) groups excluding carboxylic acids is 2. The van der Waals surface area contributed by atoms with Gasteiger partial charge in [0, 0.05) is 19.5 Å². The van der Waals surface area contributed by atoms with Crippen LogP contribution in [-0.2, 0) is 32.6 Å². The molecule has 0 spiro atoms. The molecule has 1 N–H and O–H groups in total. The average Bonchev–Trinajstić information content (AvgIpc) is 3.01. The van der Waals surface area contributed by atoms with Gasteiger partial charge < -0.3 is 10.2 Å². The number of amides is 2. The Morgan fingerprint density at radius 2 is 1.43 bits per heavy atom. The third-order valence-corrected chi connectivity index (χ3v) is 8.90. The van der Waals surface area contributed by atoms with Gasteiger partial charge in [-0.05, 0) is 60.4 Å². The van der Waals surface area contributed by atoms with Crippen LogP contribution in [0.25, 0.3) is 0 Å². The molecule has 0 unspecified atom stereocenters. The molecule has 0 bridgehead atoms. The quantitative estimate of drug-likeness (QED) is 0.208. The van der Waals surface area contributed by atoms with E-state index in [4.69, 9.17) is 0 Å². The maximum Gasteiger partial charge on any atom is 0.264 e. The van der Waals surface area contributed by atoms with Crippen LogP contribution >= 0.6 is 0 Å². The number of anilines is 1. The molecule has 0 aliphatic heterocycles. The maximum atomic E-state index is 14.4. The first kappa shape index (κ1) is 32.4. The number of nitrogens with zero attached hydrogens (tertiary/aromatic N) is 2. The smallest absolute Gasteiger partial charge is 0.264 e. The summed E-state index contributed by atoms with van der Waals surface area (Å²) in [4.78, 5) is 29.5. The third-order valence-electron chi connectivity index (χ3n) is 7.12. The molecule has 230 valence electrons. The lowest BCUT2D eigenvalue weighted by Crippen LogP contribution is -2.53. The summed E-state index contributed by atoms with van der Waals surface area (Å²) in [7, 11) is -4.29. The van der Waals surface area contributed by atoms with Crippen LogP contribution in [0.5, 0.6) is 0 Å². The van der Waals surface area contributed by atoms with Crippen molar-refractivity contribution in [2.45, 2.75) is 44.7 Å². The Kier molecular flexibility index (Phi) is 10.9. The minimum atomic E-state index is -4.29. The Labute approximate surface area is 259 Å². The van der Waals surface area contributed by atoms with Gasteiger partial charge in [-0.3, -0.25) is 13.9 Å². The van der Waals surface area contributed by atoms with E-state index in [1.807, 2.05) is 75.4 Å². The second-order valence-electron chi connectivity index (χ2n) is 11.2. The molecule has 0 saturated carbocycles. The number of carbonyl (C=O) groups is 2. The van der Waals surface area contributed by atoms with Crippen LogP contribution in [0.1, 0.15) is 30.5 Å². The van der Waals surface area contributed by atoms with E-state index in [0.717, 1.165) is 33.1 Å². The van der Waals surface area contributed by atoms with Gasteiger partial charge in [0.25, 0.3) is 10.0 Å². The van der Waals surface area contributed by atoms with Crippen molar-refractivity contribution in [1.82, 2.24) is 10.2 Å². The van der Waals surface area contributed by atoms with Crippen LogP contribution < -0.4 is 9.62 Å². The number of hydrogen-bond donors (Lipinski definition) is 1. The van der Waals surface area contributed by atoms with Gasteiger partial charge in [-0.1, -0.05) is 92.2 Å². The van der Waals surface area contributed by atoms with Gasteiger partial charge in [0.1, 0.15) is 18.4 Å². The molecule has 0 radical (unpaired) electrons. The molecule has 4 rings (SSSR count). The fourth-order valence-corrected chi connectivity index (χ4v) is 6.25. The molecular weight excluding hydrogens is 577 g/mol. The second-order valence-corrected chi connectivity index (χ2v) is 13.0. The summed E-state index contributed by atoms with van der Waals surface area (Å²) in [5.74, 6) is -1.27. The summed E-state index contributed by atoms with van der Waals surface area (Å²) < 4.78 is 42.6. The summed E-state index contributed by atoms with van der Waals surface area (Å²) in [6, 6.07) is 28.9. The van der Waals surface area contributed by atoms with Gasteiger partial charge in [-0.2, -0.15) is 0 Å². The van der Waals surface area contributed by atoms with E-state index in [0.29, 0.717) is 6.54 Å². The predicted octanol–water partition coefficient (Wildman–Crippen LogP) is 5.74. The molecule has 0 saturated heterocycles. The van der Waals surface area contributed by atoms with Gasteiger partial charge in [0.15, 0.2) is 0 Å². The first-order valence-corrected chi connectivity index (χ1v) is 16.0. The van der Waals surface area contributed by atoms with Crippen LogP contribution in [0.3, 0.4) is 0 Å². The van der Waals surface area contributed by atoms with E-state index in [1.165, 1.54) is 17.0 Å². The molecule has 7 nitrogen and oxygen atoms in total. The van der Waals surface area contributed by atoms with Gasteiger partial charge in [0.05, 0.1) is 10.6 Å². The zero-order chi connectivity index (χ0) is 31.7. The Morgan fingerprint density at radius 1 is 0.818 bits per heavy atom. The highest BCUT2D eigenvalue weighted by molar-refractivity contribution is 7.92. The Morgan fingerprint density at radius 3 is 2.05 bits per heavy atom. The SMILES string of the molecule is Cc1cccc(CN(C(=O)CN(c2ccccc2)S(=O)(=O)c2ccc(F)cc2)[C@@H](Cc2ccccc2)C(=O)NCC(C)C)c1. The number of halogens is 1. The van der Waals surface area contributed by atoms with Crippen LogP contribution in [-0.4, -0.2) is 44.3 Å². The van der Waals surface area contributed by atoms with Crippen molar-refractivity contribution >= 4 is 27.5 Å². The predicted molar refractivity (Wildman–Crippen MR) is 171 cm³/mol.